The molecule has 0 bridgehead atoms. The summed E-state index contributed by atoms with van der Waals surface area (Å²) in [4.78, 5) is 0. The Morgan fingerprint density at radius 1 is 0.540 bits per heavy atom. The van der Waals surface area contributed by atoms with Crippen LogP contribution in [0.3, 0.4) is 0 Å². The number of nitrogens with one attached hydrogen (secondary N) is 1. The zero-order valence-electron chi connectivity index (χ0n) is 39.1. The maximum Gasteiger partial charge on any atom is 0.163 e. The third-order valence-electron chi connectivity index (χ3n) is 12.9. The largest absolute Gasteiger partial charge is 0.374 e. The first-order chi connectivity index (χ1) is 30.9. The van der Waals surface area contributed by atoms with Gasteiger partial charge in [0.15, 0.2) is 5.79 Å². The van der Waals surface area contributed by atoms with E-state index in [2.05, 4.69) is 136 Å². The van der Waals surface area contributed by atoms with Crippen molar-refractivity contribution in [3.8, 4) is 0 Å². The van der Waals surface area contributed by atoms with E-state index in [0.29, 0.717) is 33.0 Å². The van der Waals surface area contributed by atoms with Crippen LogP contribution in [0.1, 0.15) is 140 Å². The van der Waals surface area contributed by atoms with E-state index < -0.39 is 5.79 Å². The second kappa shape index (κ2) is 27.2. The molecule has 1 saturated carbocycles. The first-order valence-corrected chi connectivity index (χ1v) is 24.6. The average Bonchev–Trinajstić information content (AvgIpc) is 3.62. The first kappa shape index (κ1) is 49.0. The Hall–Kier alpha value is -3.40. The first-order valence-electron chi connectivity index (χ1n) is 24.6. The van der Waals surface area contributed by atoms with E-state index in [9.17, 15) is 0 Å². The average molecular weight is 862 g/mol. The lowest BCUT2D eigenvalue weighted by Crippen LogP contribution is -2.58. The number of benzene rings is 4. The monoisotopic (exact) mass is 862 g/mol. The molecule has 0 spiro atoms. The summed E-state index contributed by atoms with van der Waals surface area (Å²) in [6, 6.07) is 41.7. The molecule has 2 fully saturated rings. The minimum Gasteiger partial charge on any atom is -0.374 e. The molecule has 2 unspecified atom stereocenters. The molecule has 0 aromatic heterocycles. The van der Waals surface area contributed by atoms with Gasteiger partial charge in [0.25, 0.3) is 0 Å². The summed E-state index contributed by atoms with van der Waals surface area (Å²) in [6.07, 6.45) is 16.3. The summed E-state index contributed by atoms with van der Waals surface area (Å²) >= 11 is 0. The molecular weight excluding hydrogens is 783 g/mol. The molecule has 1 aliphatic carbocycles. The van der Waals surface area contributed by atoms with Crippen LogP contribution in [-0.2, 0) is 54.8 Å². The molecule has 7 heteroatoms. The highest BCUT2D eigenvalue weighted by molar-refractivity contribution is 5.17. The van der Waals surface area contributed by atoms with Gasteiger partial charge in [-0.15, -0.1) is 0 Å². The summed E-state index contributed by atoms with van der Waals surface area (Å²) in [6.45, 7) is 11.2. The van der Waals surface area contributed by atoms with Crippen LogP contribution < -0.4 is 5.32 Å². The van der Waals surface area contributed by atoms with Crippen LogP contribution in [0.2, 0.25) is 0 Å². The van der Waals surface area contributed by atoms with Crippen molar-refractivity contribution in [2.75, 3.05) is 6.61 Å². The van der Waals surface area contributed by atoms with Gasteiger partial charge in [0.05, 0.1) is 50.8 Å². The highest BCUT2D eigenvalue weighted by atomic mass is 16.8. The van der Waals surface area contributed by atoms with Crippen LogP contribution in [0.15, 0.2) is 121 Å². The summed E-state index contributed by atoms with van der Waals surface area (Å²) in [7, 11) is 0. The second-order valence-corrected chi connectivity index (χ2v) is 18.7. The Morgan fingerprint density at radius 3 is 1.49 bits per heavy atom. The van der Waals surface area contributed by atoms with Gasteiger partial charge in [0.1, 0.15) is 18.3 Å². The Labute approximate surface area is 381 Å². The SMILES string of the molecule is CCCCCCCCCCCCCC[C@H]1OC(C)(C)O[C@H]1[C@H](CO[C@@H]1CC(C)[C@H](OCc2ccccc2)[C@H](OCc2ccccc2)C1OCc1ccccc1)NCc1ccccc1. The highest BCUT2D eigenvalue weighted by Crippen LogP contribution is 2.37. The second-order valence-electron chi connectivity index (χ2n) is 18.7. The third kappa shape index (κ3) is 16.8. The molecule has 0 radical (unpaired) electrons. The minimum absolute atomic E-state index is 0.0341. The number of hydrogen-bond donors (Lipinski definition) is 1. The van der Waals surface area contributed by atoms with Crippen molar-refractivity contribution in [1.82, 2.24) is 5.32 Å². The number of rotatable bonds is 29. The van der Waals surface area contributed by atoms with E-state index in [1.165, 1.54) is 76.2 Å². The predicted octanol–water partition coefficient (Wildman–Crippen LogP) is 12.9. The smallest absolute Gasteiger partial charge is 0.163 e. The van der Waals surface area contributed by atoms with E-state index in [0.717, 1.165) is 36.0 Å². The molecule has 4 aromatic carbocycles. The van der Waals surface area contributed by atoms with Gasteiger partial charge < -0.3 is 33.7 Å². The zero-order chi connectivity index (χ0) is 44.0. The summed E-state index contributed by atoms with van der Waals surface area (Å²) in [5.74, 6) is -0.533. The molecule has 4 aromatic rings. The van der Waals surface area contributed by atoms with Crippen molar-refractivity contribution in [3.05, 3.63) is 144 Å². The molecule has 1 saturated heterocycles. The number of unbranched alkanes of at least 4 members (excludes halogenated alkanes) is 11. The topological polar surface area (TPSA) is 67.4 Å². The Balaban J connectivity index is 1.16. The van der Waals surface area contributed by atoms with Crippen LogP contribution in [0.25, 0.3) is 0 Å². The summed E-state index contributed by atoms with van der Waals surface area (Å²) in [5.41, 5.74) is 4.59. The zero-order valence-corrected chi connectivity index (χ0v) is 39.1. The van der Waals surface area contributed by atoms with Gasteiger partial charge in [-0.05, 0) is 54.9 Å². The van der Waals surface area contributed by atoms with Gasteiger partial charge >= 0.3 is 0 Å². The van der Waals surface area contributed by atoms with Gasteiger partial charge in [-0.25, -0.2) is 0 Å². The van der Waals surface area contributed by atoms with Gasteiger partial charge in [0.2, 0.25) is 0 Å². The third-order valence-corrected chi connectivity index (χ3v) is 12.9. The molecule has 8 atom stereocenters. The molecule has 344 valence electrons. The van der Waals surface area contributed by atoms with Crippen LogP contribution in [0.5, 0.6) is 0 Å². The Kier molecular flexibility index (Phi) is 21.1. The van der Waals surface area contributed by atoms with Crippen LogP contribution in [0, 0.1) is 5.92 Å². The van der Waals surface area contributed by atoms with Crippen molar-refractivity contribution in [2.45, 2.75) is 192 Å². The standard InChI is InChI=1S/C56H79NO6/c1-5-6-7-8-9-10-11-12-13-14-15-28-37-50-53(63-56(3,4)62-50)49(57-39-45-29-20-16-21-30-45)43-58-51-38-44(2)52(59-40-46-31-22-17-23-32-46)55(61-42-48-35-26-19-27-36-48)54(51)60-41-47-33-24-18-25-34-47/h16-27,29-36,44,49-55,57H,5-15,28,37-43H2,1-4H3/t44?,49-,50+,51+,52-,53-,54?,55-/m0/s1. The Bertz CT molecular complexity index is 1760. The van der Waals surface area contributed by atoms with E-state index in [-0.39, 0.29) is 48.6 Å². The maximum atomic E-state index is 7.19. The van der Waals surface area contributed by atoms with E-state index >= 15 is 0 Å². The van der Waals surface area contributed by atoms with Crippen molar-refractivity contribution >= 4 is 0 Å². The molecule has 2 aliphatic rings. The Morgan fingerprint density at radius 2 is 0.984 bits per heavy atom. The lowest BCUT2D eigenvalue weighted by Gasteiger charge is -2.45. The number of hydrogen-bond acceptors (Lipinski definition) is 7. The molecular formula is C56H79NO6. The predicted molar refractivity (Wildman–Crippen MR) is 255 cm³/mol. The van der Waals surface area contributed by atoms with Crippen LogP contribution >= 0.6 is 0 Å². The van der Waals surface area contributed by atoms with Crippen molar-refractivity contribution in [2.24, 2.45) is 5.92 Å². The summed E-state index contributed by atoms with van der Waals surface area (Å²) in [5, 5.41) is 3.89. The fourth-order valence-corrected chi connectivity index (χ4v) is 9.43. The highest BCUT2D eigenvalue weighted by Gasteiger charge is 2.48. The van der Waals surface area contributed by atoms with Crippen molar-refractivity contribution in [3.63, 3.8) is 0 Å². The van der Waals surface area contributed by atoms with Crippen molar-refractivity contribution in [1.29, 1.82) is 0 Å². The van der Waals surface area contributed by atoms with Gasteiger partial charge in [-0.3, -0.25) is 0 Å². The van der Waals surface area contributed by atoms with E-state index in [4.69, 9.17) is 28.4 Å². The normalized spacial score (nSPS) is 23.8. The molecule has 63 heavy (non-hydrogen) atoms. The molecule has 1 heterocycles. The van der Waals surface area contributed by atoms with Crippen LogP contribution in [0.4, 0.5) is 0 Å². The summed E-state index contributed by atoms with van der Waals surface area (Å²) < 4.78 is 41.5. The van der Waals surface area contributed by atoms with Gasteiger partial charge in [-0.1, -0.05) is 212 Å². The number of ether oxygens (including phenoxy) is 6. The van der Waals surface area contributed by atoms with E-state index in [1.807, 2.05) is 18.2 Å². The van der Waals surface area contributed by atoms with Gasteiger partial charge in [-0.2, -0.15) is 0 Å². The molecule has 0 amide bonds. The lowest BCUT2D eigenvalue weighted by atomic mass is 9.81. The maximum absolute atomic E-state index is 7.19. The fraction of sp³-hybridized carbons (Fsp3) is 0.571. The fourth-order valence-electron chi connectivity index (χ4n) is 9.43. The van der Waals surface area contributed by atoms with Crippen LogP contribution in [-0.4, -0.2) is 55.1 Å². The molecule has 1 aliphatic heterocycles. The van der Waals surface area contributed by atoms with Crippen molar-refractivity contribution < 1.29 is 28.4 Å². The lowest BCUT2D eigenvalue weighted by molar-refractivity contribution is -0.227. The van der Waals surface area contributed by atoms with Gasteiger partial charge in [0, 0.05) is 6.54 Å². The quantitative estimate of drug-likeness (QED) is 0.0546. The molecule has 1 N–H and O–H groups in total. The molecule has 6 rings (SSSR count). The van der Waals surface area contributed by atoms with E-state index in [1.54, 1.807) is 0 Å². The minimum atomic E-state index is -0.681. The molecule has 7 nitrogen and oxygen atoms in total.